The molecule has 0 unspecified atom stereocenters. The zero-order valence-corrected chi connectivity index (χ0v) is 8.27. The minimum Gasteiger partial charge on any atom is -0.315 e. The second-order valence-corrected chi connectivity index (χ2v) is 3.35. The second-order valence-electron chi connectivity index (χ2n) is 3.35. The zero-order valence-electron chi connectivity index (χ0n) is 8.27. The Morgan fingerprint density at radius 3 is 3.00 bits per heavy atom. The van der Waals surface area contributed by atoms with Crippen molar-refractivity contribution < 1.29 is 0 Å². The van der Waals surface area contributed by atoms with Crippen molar-refractivity contribution in [1.82, 2.24) is 15.5 Å². The highest BCUT2D eigenvalue weighted by molar-refractivity contribution is 4.79. The summed E-state index contributed by atoms with van der Waals surface area (Å²) in [5, 5.41) is 6.89. The molecule has 0 saturated carbocycles. The van der Waals surface area contributed by atoms with Crippen molar-refractivity contribution in [3.63, 3.8) is 0 Å². The van der Waals surface area contributed by atoms with Crippen molar-refractivity contribution in [1.29, 1.82) is 0 Å². The number of piperazine rings is 1. The number of nitrogens with zero attached hydrogens (tertiary/aromatic N) is 1. The molecule has 2 N–H and O–H groups in total. The van der Waals surface area contributed by atoms with Crippen molar-refractivity contribution in [2.45, 2.75) is 19.9 Å². The molecule has 12 heavy (non-hydrogen) atoms. The van der Waals surface area contributed by atoms with E-state index in [1.165, 1.54) is 19.6 Å². The predicted molar refractivity (Wildman–Crippen MR) is 52.4 cm³/mol. The highest BCUT2D eigenvalue weighted by atomic mass is 15.2. The molecule has 1 fully saturated rings. The number of nitrogens with one attached hydrogen (secondary N) is 2. The van der Waals surface area contributed by atoms with Crippen molar-refractivity contribution in [3.8, 4) is 0 Å². The van der Waals surface area contributed by atoms with Crippen LogP contribution < -0.4 is 10.6 Å². The van der Waals surface area contributed by atoms with Gasteiger partial charge >= 0.3 is 0 Å². The van der Waals surface area contributed by atoms with E-state index in [2.05, 4.69) is 29.4 Å². The molecule has 0 spiro atoms. The van der Waals surface area contributed by atoms with Crippen LogP contribution in [0.1, 0.15) is 13.8 Å². The van der Waals surface area contributed by atoms with Gasteiger partial charge in [0.2, 0.25) is 0 Å². The molecular weight excluding hydrogens is 150 g/mol. The Morgan fingerprint density at radius 2 is 2.33 bits per heavy atom. The monoisotopic (exact) mass is 171 g/mol. The van der Waals surface area contributed by atoms with Crippen LogP contribution >= 0.6 is 0 Å². The topological polar surface area (TPSA) is 27.3 Å². The van der Waals surface area contributed by atoms with E-state index in [9.17, 15) is 0 Å². The van der Waals surface area contributed by atoms with E-state index in [1.807, 2.05) is 0 Å². The van der Waals surface area contributed by atoms with E-state index >= 15 is 0 Å². The fourth-order valence-electron chi connectivity index (χ4n) is 1.64. The molecule has 0 amide bonds. The quantitative estimate of drug-likeness (QED) is 0.618. The van der Waals surface area contributed by atoms with E-state index in [1.54, 1.807) is 0 Å². The summed E-state index contributed by atoms with van der Waals surface area (Å²) in [6, 6.07) is 0.652. The van der Waals surface area contributed by atoms with Crippen LogP contribution in [0.5, 0.6) is 0 Å². The fraction of sp³-hybridized carbons (Fsp3) is 1.00. The molecule has 1 saturated heterocycles. The van der Waals surface area contributed by atoms with Crippen LogP contribution in [-0.4, -0.2) is 50.2 Å². The summed E-state index contributed by atoms with van der Waals surface area (Å²) < 4.78 is 0. The Kier molecular flexibility index (Phi) is 4.58. The van der Waals surface area contributed by atoms with Gasteiger partial charge in [-0.25, -0.2) is 0 Å². The summed E-state index contributed by atoms with van der Waals surface area (Å²) >= 11 is 0. The van der Waals surface area contributed by atoms with Gasteiger partial charge in [0.15, 0.2) is 0 Å². The summed E-state index contributed by atoms with van der Waals surface area (Å²) in [6.07, 6.45) is 0. The Hall–Kier alpha value is -0.120. The first kappa shape index (κ1) is 9.96. The summed E-state index contributed by atoms with van der Waals surface area (Å²) in [6.45, 7) is 11.3. The molecule has 1 aliphatic heterocycles. The molecule has 3 nitrogen and oxygen atoms in total. The van der Waals surface area contributed by atoms with E-state index in [4.69, 9.17) is 0 Å². The molecule has 0 aromatic rings. The summed E-state index contributed by atoms with van der Waals surface area (Å²) in [4.78, 5) is 2.50. The van der Waals surface area contributed by atoms with Crippen molar-refractivity contribution in [2.75, 3.05) is 39.3 Å². The zero-order chi connectivity index (χ0) is 8.81. The fourth-order valence-corrected chi connectivity index (χ4v) is 1.64. The van der Waals surface area contributed by atoms with Crippen molar-refractivity contribution in [2.24, 2.45) is 0 Å². The maximum absolute atomic E-state index is 3.51. The van der Waals surface area contributed by atoms with Crippen LogP contribution in [0.25, 0.3) is 0 Å². The minimum absolute atomic E-state index is 0.652. The van der Waals surface area contributed by atoms with Gasteiger partial charge in [-0.05, 0) is 13.1 Å². The molecule has 72 valence electrons. The van der Waals surface area contributed by atoms with Gasteiger partial charge in [-0.15, -0.1) is 0 Å². The number of hydrogen-bond acceptors (Lipinski definition) is 3. The average Bonchev–Trinajstić information content (AvgIpc) is 2.15. The van der Waals surface area contributed by atoms with Crippen molar-refractivity contribution in [3.05, 3.63) is 0 Å². The molecule has 0 aliphatic carbocycles. The Labute approximate surface area is 75.5 Å². The Bertz CT molecular complexity index is 116. The number of hydrogen-bond donors (Lipinski definition) is 2. The third kappa shape index (κ3) is 3.09. The number of likely N-dealkylation sites (N-methyl/N-ethyl adjacent to an activating group) is 2. The van der Waals surface area contributed by atoms with Gasteiger partial charge in [0.1, 0.15) is 0 Å². The lowest BCUT2D eigenvalue weighted by atomic mass is 10.2. The third-order valence-electron chi connectivity index (χ3n) is 2.43. The van der Waals surface area contributed by atoms with Crippen LogP contribution in [-0.2, 0) is 0 Å². The lowest BCUT2D eigenvalue weighted by Crippen LogP contribution is -2.54. The van der Waals surface area contributed by atoms with Crippen LogP contribution in [0.2, 0.25) is 0 Å². The molecule has 0 bridgehead atoms. The molecular formula is C9H21N3. The highest BCUT2D eigenvalue weighted by Gasteiger charge is 2.16. The normalized spacial score (nSPS) is 26.0. The third-order valence-corrected chi connectivity index (χ3v) is 2.43. The van der Waals surface area contributed by atoms with Gasteiger partial charge < -0.3 is 15.5 Å². The van der Waals surface area contributed by atoms with Gasteiger partial charge in [0.05, 0.1) is 0 Å². The Morgan fingerprint density at radius 1 is 1.50 bits per heavy atom. The molecule has 1 atom stereocenters. The standard InChI is InChI=1S/C9H21N3/c1-3-10-7-9-8-12(4-2)6-5-11-9/h9-11H,3-8H2,1-2H3/t9-/m1/s1. The number of rotatable bonds is 4. The summed E-state index contributed by atoms with van der Waals surface area (Å²) in [5.41, 5.74) is 0. The second kappa shape index (κ2) is 5.51. The van der Waals surface area contributed by atoms with Gasteiger partial charge in [0.25, 0.3) is 0 Å². The van der Waals surface area contributed by atoms with Crippen LogP contribution in [0, 0.1) is 0 Å². The smallest absolute Gasteiger partial charge is 0.0320 e. The van der Waals surface area contributed by atoms with Gasteiger partial charge in [0, 0.05) is 32.2 Å². The Balaban J connectivity index is 2.16. The molecule has 1 heterocycles. The van der Waals surface area contributed by atoms with E-state index < -0.39 is 0 Å². The van der Waals surface area contributed by atoms with Crippen LogP contribution in [0.15, 0.2) is 0 Å². The van der Waals surface area contributed by atoms with Crippen LogP contribution in [0.3, 0.4) is 0 Å². The predicted octanol–water partition coefficient (Wildman–Crippen LogP) is -0.110. The molecule has 3 heteroatoms. The SMILES string of the molecule is CCNC[C@@H]1CN(CC)CCN1. The van der Waals surface area contributed by atoms with Gasteiger partial charge in [-0.2, -0.15) is 0 Å². The van der Waals surface area contributed by atoms with Crippen molar-refractivity contribution >= 4 is 0 Å². The van der Waals surface area contributed by atoms with Gasteiger partial charge in [-0.3, -0.25) is 0 Å². The van der Waals surface area contributed by atoms with Crippen LogP contribution in [0.4, 0.5) is 0 Å². The molecule has 0 aromatic heterocycles. The first-order valence-corrected chi connectivity index (χ1v) is 5.03. The average molecular weight is 171 g/mol. The summed E-state index contributed by atoms with van der Waals surface area (Å²) in [7, 11) is 0. The van der Waals surface area contributed by atoms with E-state index in [0.29, 0.717) is 6.04 Å². The maximum Gasteiger partial charge on any atom is 0.0320 e. The molecule has 1 rings (SSSR count). The van der Waals surface area contributed by atoms with E-state index in [0.717, 1.165) is 19.6 Å². The van der Waals surface area contributed by atoms with Gasteiger partial charge in [-0.1, -0.05) is 13.8 Å². The lowest BCUT2D eigenvalue weighted by Gasteiger charge is -2.32. The first-order valence-electron chi connectivity index (χ1n) is 5.03. The highest BCUT2D eigenvalue weighted by Crippen LogP contribution is 1.96. The minimum atomic E-state index is 0.652. The molecule has 0 aromatic carbocycles. The molecule has 0 radical (unpaired) electrons. The first-order chi connectivity index (χ1) is 5.86. The van der Waals surface area contributed by atoms with E-state index in [-0.39, 0.29) is 0 Å². The largest absolute Gasteiger partial charge is 0.315 e. The molecule has 1 aliphatic rings. The lowest BCUT2D eigenvalue weighted by molar-refractivity contribution is 0.206. The maximum atomic E-state index is 3.51. The summed E-state index contributed by atoms with van der Waals surface area (Å²) in [5.74, 6) is 0.